The molecule has 0 radical (unpaired) electrons. The lowest BCUT2D eigenvalue weighted by Crippen LogP contribution is -2.24. The molecule has 5 rings (SSSR count). The summed E-state index contributed by atoms with van der Waals surface area (Å²) in [5.41, 5.74) is 10.4. The summed E-state index contributed by atoms with van der Waals surface area (Å²) < 4.78 is 3.22. The number of carbonyl (C=O) groups excluding carboxylic acids is 1. The SMILES string of the molecule is Cc1cc(NC(=O)N/N=C\c2cc(-c3ccccc3)n(-c3ccccc3)c2-c2ccccc2)ccc1Br. The normalized spacial score (nSPS) is 11.0. The van der Waals surface area contributed by atoms with Crippen molar-refractivity contribution in [2.75, 3.05) is 5.32 Å². The van der Waals surface area contributed by atoms with Crippen LogP contribution in [0.5, 0.6) is 0 Å². The maximum Gasteiger partial charge on any atom is 0.339 e. The van der Waals surface area contributed by atoms with Gasteiger partial charge in [0.2, 0.25) is 0 Å². The number of carbonyl (C=O) groups is 1. The topological polar surface area (TPSA) is 58.4 Å². The van der Waals surface area contributed by atoms with E-state index >= 15 is 0 Å². The van der Waals surface area contributed by atoms with Crippen LogP contribution in [0.1, 0.15) is 11.1 Å². The molecule has 0 fully saturated rings. The highest BCUT2D eigenvalue weighted by Crippen LogP contribution is 2.35. The third kappa shape index (κ3) is 5.55. The van der Waals surface area contributed by atoms with Crippen LogP contribution in [-0.2, 0) is 0 Å². The van der Waals surface area contributed by atoms with Crippen LogP contribution in [0.3, 0.4) is 0 Å². The maximum absolute atomic E-state index is 12.5. The molecule has 0 spiro atoms. The Balaban J connectivity index is 1.53. The van der Waals surface area contributed by atoms with E-state index < -0.39 is 6.03 Å². The summed E-state index contributed by atoms with van der Waals surface area (Å²) in [6, 6.07) is 38.0. The lowest BCUT2D eigenvalue weighted by molar-refractivity contribution is 0.252. The molecule has 37 heavy (non-hydrogen) atoms. The Bertz CT molecular complexity index is 1540. The fourth-order valence-electron chi connectivity index (χ4n) is 4.23. The van der Waals surface area contributed by atoms with E-state index in [2.05, 4.69) is 78.8 Å². The summed E-state index contributed by atoms with van der Waals surface area (Å²) in [5.74, 6) is 0. The smallest absolute Gasteiger partial charge is 0.309 e. The maximum atomic E-state index is 12.5. The number of aryl methyl sites for hydroxylation is 1. The summed E-state index contributed by atoms with van der Waals surface area (Å²) in [6.07, 6.45) is 1.70. The molecule has 1 heterocycles. The van der Waals surface area contributed by atoms with Gasteiger partial charge in [-0.2, -0.15) is 5.10 Å². The Morgan fingerprint density at radius 3 is 2.08 bits per heavy atom. The molecule has 5 nitrogen and oxygen atoms in total. The number of hydrazone groups is 1. The Hall–Kier alpha value is -4.42. The Kier molecular flexibility index (Phi) is 7.28. The zero-order chi connectivity index (χ0) is 25.6. The Morgan fingerprint density at radius 2 is 1.43 bits per heavy atom. The first-order valence-corrected chi connectivity index (χ1v) is 12.7. The lowest BCUT2D eigenvalue weighted by atomic mass is 10.1. The van der Waals surface area contributed by atoms with Crippen molar-refractivity contribution in [1.82, 2.24) is 9.99 Å². The minimum absolute atomic E-state index is 0.412. The summed E-state index contributed by atoms with van der Waals surface area (Å²) in [7, 11) is 0. The molecular formula is C31H25BrN4O. The minimum Gasteiger partial charge on any atom is -0.309 e. The zero-order valence-electron chi connectivity index (χ0n) is 20.2. The number of nitrogens with one attached hydrogen (secondary N) is 2. The molecule has 2 N–H and O–H groups in total. The molecule has 4 aromatic carbocycles. The molecule has 0 atom stereocenters. The van der Waals surface area contributed by atoms with Gasteiger partial charge in [-0.15, -0.1) is 0 Å². The van der Waals surface area contributed by atoms with Crippen molar-refractivity contribution in [1.29, 1.82) is 0 Å². The number of amides is 2. The quantitative estimate of drug-likeness (QED) is 0.164. The van der Waals surface area contributed by atoms with E-state index in [-0.39, 0.29) is 0 Å². The number of hydrogen-bond donors (Lipinski definition) is 2. The summed E-state index contributed by atoms with van der Waals surface area (Å²) in [5, 5.41) is 7.12. The van der Waals surface area contributed by atoms with Crippen LogP contribution >= 0.6 is 15.9 Å². The first kappa shape index (κ1) is 24.3. The van der Waals surface area contributed by atoms with Crippen molar-refractivity contribution in [2.24, 2.45) is 5.10 Å². The largest absolute Gasteiger partial charge is 0.339 e. The van der Waals surface area contributed by atoms with Gasteiger partial charge in [0.25, 0.3) is 0 Å². The minimum atomic E-state index is -0.412. The van der Waals surface area contributed by atoms with Gasteiger partial charge in [0, 0.05) is 21.4 Å². The van der Waals surface area contributed by atoms with Crippen molar-refractivity contribution >= 4 is 33.9 Å². The van der Waals surface area contributed by atoms with Crippen molar-refractivity contribution in [3.63, 3.8) is 0 Å². The van der Waals surface area contributed by atoms with Gasteiger partial charge in [-0.25, -0.2) is 10.2 Å². The van der Waals surface area contributed by atoms with E-state index in [0.29, 0.717) is 5.69 Å². The highest BCUT2D eigenvalue weighted by Gasteiger charge is 2.18. The number of aromatic nitrogens is 1. The predicted molar refractivity (Wildman–Crippen MR) is 155 cm³/mol. The van der Waals surface area contributed by atoms with E-state index in [4.69, 9.17) is 0 Å². The van der Waals surface area contributed by atoms with Gasteiger partial charge in [-0.1, -0.05) is 94.8 Å². The number of anilines is 1. The fraction of sp³-hybridized carbons (Fsp3) is 0.0323. The average molecular weight is 549 g/mol. The third-order valence-electron chi connectivity index (χ3n) is 5.95. The number of nitrogens with zero attached hydrogens (tertiary/aromatic N) is 2. The number of urea groups is 1. The molecule has 0 aliphatic carbocycles. The fourth-order valence-corrected chi connectivity index (χ4v) is 4.48. The molecule has 0 bridgehead atoms. The van der Waals surface area contributed by atoms with Gasteiger partial charge in [-0.05, 0) is 60.0 Å². The molecule has 2 amide bonds. The van der Waals surface area contributed by atoms with E-state index in [1.54, 1.807) is 6.21 Å². The second-order valence-electron chi connectivity index (χ2n) is 8.52. The standard InChI is InChI=1S/C31H25BrN4O/c1-22-19-26(17-18-28(22)32)34-31(37)35-33-21-25-20-29(23-11-5-2-6-12-23)36(27-15-9-4-10-16-27)30(25)24-13-7-3-8-14-24/h2-21H,1H3,(H2,34,35,37)/b33-21-. The van der Waals surface area contributed by atoms with Crippen molar-refractivity contribution in [3.8, 4) is 28.2 Å². The Labute approximate surface area is 224 Å². The highest BCUT2D eigenvalue weighted by atomic mass is 79.9. The van der Waals surface area contributed by atoms with E-state index in [1.165, 1.54) is 0 Å². The van der Waals surface area contributed by atoms with E-state index in [0.717, 1.165) is 43.8 Å². The molecule has 6 heteroatoms. The molecule has 0 saturated carbocycles. The molecule has 0 unspecified atom stereocenters. The lowest BCUT2D eigenvalue weighted by Gasteiger charge is -2.15. The van der Waals surface area contributed by atoms with Crippen LogP contribution in [-0.4, -0.2) is 16.8 Å². The number of para-hydroxylation sites is 1. The van der Waals surface area contributed by atoms with E-state index in [9.17, 15) is 4.79 Å². The molecule has 5 aromatic rings. The first-order valence-electron chi connectivity index (χ1n) is 11.9. The molecular weight excluding hydrogens is 524 g/mol. The molecule has 0 aliphatic heterocycles. The second kappa shape index (κ2) is 11.1. The first-order chi connectivity index (χ1) is 18.1. The van der Waals surface area contributed by atoms with Crippen LogP contribution < -0.4 is 10.7 Å². The summed E-state index contributed by atoms with van der Waals surface area (Å²) in [6.45, 7) is 1.97. The highest BCUT2D eigenvalue weighted by molar-refractivity contribution is 9.10. The summed E-state index contributed by atoms with van der Waals surface area (Å²) >= 11 is 3.48. The van der Waals surface area contributed by atoms with Crippen LogP contribution in [0, 0.1) is 6.92 Å². The van der Waals surface area contributed by atoms with Crippen molar-refractivity contribution < 1.29 is 4.79 Å². The number of benzene rings is 4. The predicted octanol–water partition coefficient (Wildman–Crippen LogP) is 8.04. The summed E-state index contributed by atoms with van der Waals surface area (Å²) in [4.78, 5) is 12.5. The van der Waals surface area contributed by atoms with Crippen LogP contribution in [0.4, 0.5) is 10.5 Å². The van der Waals surface area contributed by atoms with Gasteiger partial charge in [-0.3, -0.25) is 0 Å². The van der Waals surface area contributed by atoms with Crippen LogP contribution in [0.25, 0.3) is 28.2 Å². The van der Waals surface area contributed by atoms with Crippen molar-refractivity contribution in [3.05, 3.63) is 131 Å². The van der Waals surface area contributed by atoms with Gasteiger partial charge >= 0.3 is 6.03 Å². The molecule has 0 saturated heterocycles. The van der Waals surface area contributed by atoms with Crippen LogP contribution in [0.2, 0.25) is 0 Å². The van der Waals surface area contributed by atoms with Crippen molar-refractivity contribution in [2.45, 2.75) is 6.92 Å². The number of rotatable bonds is 6. The third-order valence-corrected chi connectivity index (χ3v) is 6.84. The van der Waals surface area contributed by atoms with E-state index in [1.807, 2.05) is 79.7 Å². The molecule has 182 valence electrons. The molecule has 0 aliphatic rings. The average Bonchev–Trinajstić information content (AvgIpc) is 3.32. The second-order valence-corrected chi connectivity index (χ2v) is 9.38. The van der Waals surface area contributed by atoms with Gasteiger partial charge < -0.3 is 9.88 Å². The monoisotopic (exact) mass is 548 g/mol. The number of halogens is 1. The van der Waals surface area contributed by atoms with Gasteiger partial charge in [0.05, 0.1) is 17.6 Å². The number of hydrogen-bond acceptors (Lipinski definition) is 2. The van der Waals surface area contributed by atoms with Crippen LogP contribution in [0.15, 0.2) is 125 Å². The molecule has 1 aromatic heterocycles. The van der Waals surface area contributed by atoms with Gasteiger partial charge in [0.1, 0.15) is 0 Å². The zero-order valence-corrected chi connectivity index (χ0v) is 21.8. The van der Waals surface area contributed by atoms with Gasteiger partial charge in [0.15, 0.2) is 0 Å². The Morgan fingerprint density at radius 1 is 0.811 bits per heavy atom.